The van der Waals surface area contributed by atoms with E-state index in [1.165, 1.54) is 5.56 Å². The number of hydrogen-bond acceptors (Lipinski definition) is 2. The molecule has 3 heteroatoms. The van der Waals surface area contributed by atoms with Crippen LogP contribution >= 0.6 is 0 Å². The van der Waals surface area contributed by atoms with Gasteiger partial charge in [0.1, 0.15) is 0 Å². The van der Waals surface area contributed by atoms with E-state index in [2.05, 4.69) is 12.2 Å². The van der Waals surface area contributed by atoms with Gasteiger partial charge in [-0.1, -0.05) is 31.0 Å². The van der Waals surface area contributed by atoms with Crippen molar-refractivity contribution in [2.24, 2.45) is 11.7 Å². The fourth-order valence-electron chi connectivity index (χ4n) is 1.98. The second-order valence-electron chi connectivity index (χ2n) is 4.80. The Morgan fingerprint density at radius 1 is 1.28 bits per heavy atom. The first-order valence-corrected chi connectivity index (χ1v) is 6.72. The second kappa shape index (κ2) is 7.88. The number of aryl methyl sites for hydroxylation is 1. The minimum Gasteiger partial charge on any atom is -0.330 e. The van der Waals surface area contributed by atoms with Crippen molar-refractivity contribution < 1.29 is 4.79 Å². The van der Waals surface area contributed by atoms with E-state index in [0.29, 0.717) is 18.9 Å². The Balaban J connectivity index is 2.35. The van der Waals surface area contributed by atoms with Crippen molar-refractivity contribution in [1.82, 2.24) is 0 Å². The smallest absolute Gasteiger partial charge is 0.224 e. The molecule has 3 nitrogen and oxygen atoms in total. The third kappa shape index (κ3) is 5.32. The molecular formula is C15H24N2O. The van der Waals surface area contributed by atoms with Crippen molar-refractivity contribution in [2.45, 2.75) is 39.5 Å². The Morgan fingerprint density at radius 3 is 2.50 bits per heavy atom. The van der Waals surface area contributed by atoms with Gasteiger partial charge < -0.3 is 11.1 Å². The van der Waals surface area contributed by atoms with Gasteiger partial charge in [0.2, 0.25) is 5.91 Å². The van der Waals surface area contributed by atoms with Gasteiger partial charge in [-0.15, -0.1) is 0 Å². The average Bonchev–Trinajstić information content (AvgIpc) is 2.37. The first-order valence-electron chi connectivity index (χ1n) is 6.72. The second-order valence-corrected chi connectivity index (χ2v) is 4.80. The molecule has 1 atom stereocenters. The van der Waals surface area contributed by atoms with E-state index in [1.54, 1.807) is 0 Å². The number of benzene rings is 1. The van der Waals surface area contributed by atoms with Crippen LogP contribution in [0.25, 0.3) is 0 Å². The summed E-state index contributed by atoms with van der Waals surface area (Å²) in [6.07, 6.45) is 3.60. The predicted molar refractivity (Wildman–Crippen MR) is 76.5 cm³/mol. The molecule has 0 saturated carbocycles. The summed E-state index contributed by atoms with van der Waals surface area (Å²) in [6.45, 7) is 4.89. The van der Waals surface area contributed by atoms with Crippen LogP contribution in [0, 0.1) is 12.8 Å². The predicted octanol–water partition coefficient (Wildman–Crippen LogP) is 3.09. The molecule has 18 heavy (non-hydrogen) atoms. The highest BCUT2D eigenvalue weighted by Crippen LogP contribution is 2.15. The van der Waals surface area contributed by atoms with Crippen LogP contribution in [0.2, 0.25) is 0 Å². The van der Waals surface area contributed by atoms with Gasteiger partial charge in [0, 0.05) is 12.1 Å². The lowest BCUT2D eigenvalue weighted by Gasteiger charge is -2.13. The van der Waals surface area contributed by atoms with E-state index >= 15 is 0 Å². The van der Waals surface area contributed by atoms with Crippen LogP contribution in [0.4, 0.5) is 5.69 Å². The summed E-state index contributed by atoms with van der Waals surface area (Å²) < 4.78 is 0. The molecule has 100 valence electrons. The highest BCUT2D eigenvalue weighted by atomic mass is 16.1. The van der Waals surface area contributed by atoms with Gasteiger partial charge in [0.15, 0.2) is 0 Å². The number of anilines is 1. The Bertz CT molecular complexity index is 359. The van der Waals surface area contributed by atoms with Gasteiger partial charge in [-0.2, -0.15) is 0 Å². The molecule has 0 aliphatic carbocycles. The van der Waals surface area contributed by atoms with E-state index < -0.39 is 0 Å². The van der Waals surface area contributed by atoms with Crippen LogP contribution in [0.15, 0.2) is 24.3 Å². The molecule has 0 fully saturated rings. The topological polar surface area (TPSA) is 55.1 Å². The van der Waals surface area contributed by atoms with E-state index in [4.69, 9.17) is 5.73 Å². The fourth-order valence-corrected chi connectivity index (χ4v) is 1.98. The molecule has 0 aliphatic rings. The SMILES string of the molecule is CCC(CCN)CCC(=O)Nc1ccc(C)cc1. The van der Waals surface area contributed by atoms with Crippen LogP contribution in [0.3, 0.4) is 0 Å². The lowest BCUT2D eigenvalue weighted by Crippen LogP contribution is -2.15. The minimum absolute atomic E-state index is 0.0920. The van der Waals surface area contributed by atoms with Crippen molar-refractivity contribution in [3.05, 3.63) is 29.8 Å². The molecule has 1 rings (SSSR count). The molecule has 3 N–H and O–H groups in total. The summed E-state index contributed by atoms with van der Waals surface area (Å²) in [6, 6.07) is 7.87. The molecule has 1 aromatic rings. The van der Waals surface area contributed by atoms with Crippen LogP contribution in [-0.2, 0) is 4.79 Å². The Labute approximate surface area is 110 Å². The zero-order chi connectivity index (χ0) is 13.4. The number of nitrogens with two attached hydrogens (primary N) is 1. The first-order chi connectivity index (χ1) is 8.65. The number of carbonyl (C=O) groups is 1. The Kier molecular flexibility index (Phi) is 6.44. The van der Waals surface area contributed by atoms with Gasteiger partial charge in [0.25, 0.3) is 0 Å². The third-order valence-corrected chi connectivity index (χ3v) is 3.27. The maximum atomic E-state index is 11.8. The van der Waals surface area contributed by atoms with Gasteiger partial charge in [-0.05, 0) is 44.4 Å². The highest BCUT2D eigenvalue weighted by molar-refractivity contribution is 5.90. The van der Waals surface area contributed by atoms with E-state index in [-0.39, 0.29) is 5.91 Å². The maximum absolute atomic E-state index is 11.8. The van der Waals surface area contributed by atoms with Gasteiger partial charge in [-0.3, -0.25) is 4.79 Å². The standard InChI is InChI=1S/C15H24N2O/c1-3-13(10-11-16)6-9-15(18)17-14-7-4-12(2)5-8-14/h4-5,7-8,13H,3,6,9-11,16H2,1-2H3,(H,17,18). The molecule has 0 aromatic heterocycles. The van der Waals surface area contributed by atoms with E-state index in [0.717, 1.165) is 24.9 Å². The number of rotatable bonds is 7. The number of nitrogens with one attached hydrogen (secondary N) is 1. The van der Waals surface area contributed by atoms with Crippen molar-refractivity contribution in [3.63, 3.8) is 0 Å². The third-order valence-electron chi connectivity index (χ3n) is 3.27. The van der Waals surface area contributed by atoms with Gasteiger partial charge >= 0.3 is 0 Å². The van der Waals surface area contributed by atoms with Crippen molar-refractivity contribution in [1.29, 1.82) is 0 Å². The quantitative estimate of drug-likeness (QED) is 0.779. The fraction of sp³-hybridized carbons (Fsp3) is 0.533. The number of amides is 1. The van der Waals surface area contributed by atoms with Crippen LogP contribution in [0.5, 0.6) is 0 Å². The lowest BCUT2D eigenvalue weighted by molar-refractivity contribution is -0.116. The summed E-state index contributed by atoms with van der Waals surface area (Å²) >= 11 is 0. The summed E-state index contributed by atoms with van der Waals surface area (Å²) in [7, 11) is 0. The monoisotopic (exact) mass is 248 g/mol. The van der Waals surface area contributed by atoms with Gasteiger partial charge in [0.05, 0.1) is 0 Å². The van der Waals surface area contributed by atoms with E-state index in [9.17, 15) is 4.79 Å². The lowest BCUT2D eigenvalue weighted by atomic mass is 9.96. The number of carbonyl (C=O) groups excluding carboxylic acids is 1. The molecule has 0 bridgehead atoms. The maximum Gasteiger partial charge on any atom is 0.224 e. The molecule has 1 aromatic carbocycles. The minimum atomic E-state index is 0.0920. The molecule has 0 heterocycles. The van der Waals surface area contributed by atoms with Crippen LogP contribution in [0.1, 0.15) is 38.2 Å². The largest absolute Gasteiger partial charge is 0.330 e. The molecule has 1 unspecified atom stereocenters. The summed E-state index contributed by atoms with van der Waals surface area (Å²) in [4.78, 5) is 11.8. The zero-order valence-electron chi connectivity index (χ0n) is 11.4. The summed E-state index contributed by atoms with van der Waals surface area (Å²) in [5.74, 6) is 0.660. The van der Waals surface area contributed by atoms with Crippen molar-refractivity contribution >= 4 is 11.6 Å². The summed E-state index contributed by atoms with van der Waals surface area (Å²) in [5, 5.41) is 2.92. The molecule has 0 spiro atoms. The molecule has 0 aliphatic heterocycles. The van der Waals surface area contributed by atoms with Crippen molar-refractivity contribution in [2.75, 3.05) is 11.9 Å². The van der Waals surface area contributed by atoms with Gasteiger partial charge in [-0.25, -0.2) is 0 Å². The first kappa shape index (κ1) is 14.7. The normalized spacial score (nSPS) is 12.2. The Hall–Kier alpha value is -1.35. The average molecular weight is 248 g/mol. The molecule has 0 saturated heterocycles. The summed E-state index contributed by atoms with van der Waals surface area (Å²) in [5.41, 5.74) is 7.62. The van der Waals surface area contributed by atoms with Crippen LogP contribution in [-0.4, -0.2) is 12.5 Å². The molecule has 0 radical (unpaired) electrons. The molecular weight excluding hydrogens is 224 g/mol. The van der Waals surface area contributed by atoms with Crippen LogP contribution < -0.4 is 11.1 Å². The van der Waals surface area contributed by atoms with Crippen molar-refractivity contribution in [3.8, 4) is 0 Å². The zero-order valence-corrected chi connectivity index (χ0v) is 11.4. The molecule has 1 amide bonds. The highest BCUT2D eigenvalue weighted by Gasteiger charge is 2.09. The number of hydrogen-bond donors (Lipinski definition) is 2. The Morgan fingerprint density at radius 2 is 1.94 bits per heavy atom. The van der Waals surface area contributed by atoms with E-state index in [1.807, 2.05) is 31.2 Å².